The number of hydrogen-bond donors (Lipinski definition) is 0. The maximum absolute atomic E-state index is 11.8. The molecule has 4 nitrogen and oxygen atoms in total. The van der Waals surface area contributed by atoms with Gasteiger partial charge >= 0.3 is 0 Å². The molecule has 0 aliphatic carbocycles. The number of piperidine rings is 1. The van der Waals surface area contributed by atoms with Crippen LogP contribution in [0.3, 0.4) is 0 Å². The summed E-state index contributed by atoms with van der Waals surface area (Å²) in [6, 6.07) is 16.9. The maximum Gasteiger partial charge on any atom is 0.222 e. The second kappa shape index (κ2) is 8.01. The van der Waals surface area contributed by atoms with Crippen LogP contribution in [0.2, 0.25) is 0 Å². The molecule has 0 N–H and O–H groups in total. The van der Waals surface area contributed by atoms with Gasteiger partial charge in [-0.3, -0.25) is 9.78 Å². The van der Waals surface area contributed by atoms with Crippen molar-refractivity contribution in [3.8, 4) is 16.9 Å². The van der Waals surface area contributed by atoms with Crippen LogP contribution in [-0.2, 0) is 4.79 Å². The molecule has 0 spiro atoms. The first kappa shape index (κ1) is 18.5. The Balaban J connectivity index is 1.42. The van der Waals surface area contributed by atoms with E-state index in [-0.39, 0.29) is 12.0 Å². The zero-order chi connectivity index (χ0) is 19.5. The fraction of sp³-hybridized carbons (Fsp3) is 0.333. The molecule has 0 atom stereocenters. The third kappa shape index (κ3) is 4.01. The number of hydrogen-bond acceptors (Lipinski definition) is 3. The Morgan fingerprint density at radius 3 is 2.46 bits per heavy atom. The molecule has 1 aromatic heterocycles. The van der Waals surface area contributed by atoms with Gasteiger partial charge in [0.15, 0.2) is 0 Å². The molecule has 28 heavy (non-hydrogen) atoms. The van der Waals surface area contributed by atoms with Crippen molar-refractivity contribution < 1.29 is 9.53 Å². The van der Waals surface area contributed by atoms with E-state index in [0.29, 0.717) is 6.42 Å². The minimum atomic E-state index is 0.183. The number of carbonyl (C=O) groups excluding carboxylic acids is 1. The molecular weight excluding hydrogens is 348 g/mol. The van der Waals surface area contributed by atoms with Crippen molar-refractivity contribution in [3.63, 3.8) is 0 Å². The molecule has 2 aromatic carbocycles. The van der Waals surface area contributed by atoms with Crippen LogP contribution in [0.1, 0.15) is 31.9 Å². The predicted molar refractivity (Wildman–Crippen MR) is 112 cm³/mol. The third-order valence-corrected chi connectivity index (χ3v) is 5.45. The summed E-state index contributed by atoms with van der Waals surface area (Å²) in [6.45, 7) is 5.52. The number of ether oxygens (including phenoxy) is 1. The van der Waals surface area contributed by atoms with E-state index in [9.17, 15) is 4.79 Å². The van der Waals surface area contributed by atoms with Crippen molar-refractivity contribution in [2.45, 2.75) is 39.2 Å². The molecule has 144 valence electrons. The zero-order valence-electron chi connectivity index (χ0n) is 16.5. The van der Waals surface area contributed by atoms with Crippen molar-refractivity contribution in [2.75, 3.05) is 13.1 Å². The predicted octanol–water partition coefficient (Wildman–Crippen LogP) is 4.99. The Morgan fingerprint density at radius 2 is 1.75 bits per heavy atom. The molecule has 1 saturated heterocycles. The highest BCUT2D eigenvalue weighted by atomic mass is 16.5. The topological polar surface area (TPSA) is 42.4 Å². The van der Waals surface area contributed by atoms with Gasteiger partial charge in [-0.15, -0.1) is 0 Å². The van der Waals surface area contributed by atoms with E-state index in [2.05, 4.69) is 41.4 Å². The highest BCUT2D eigenvalue weighted by Crippen LogP contribution is 2.27. The lowest BCUT2D eigenvalue weighted by Crippen LogP contribution is -2.41. The van der Waals surface area contributed by atoms with Gasteiger partial charge in [0.1, 0.15) is 11.9 Å². The Bertz CT molecular complexity index is 974. The molecule has 4 heteroatoms. The molecule has 0 radical (unpaired) electrons. The largest absolute Gasteiger partial charge is 0.490 e. The van der Waals surface area contributed by atoms with Crippen LogP contribution in [0.15, 0.2) is 54.7 Å². The average molecular weight is 374 g/mol. The highest BCUT2D eigenvalue weighted by molar-refractivity contribution is 5.87. The number of carbonyl (C=O) groups is 1. The van der Waals surface area contributed by atoms with Crippen LogP contribution >= 0.6 is 0 Å². The van der Waals surface area contributed by atoms with E-state index < -0.39 is 0 Å². The second-order valence-electron chi connectivity index (χ2n) is 7.46. The molecule has 3 aromatic rings. The van der Waals surface area contributed by atoms with Gasteiger partial charge < -0.3 is 9.64 Å². The molecule has 0 saturated carbocycles. The van der Waals surface area contributed by atoms with Crippen LogP contribution in [0.5, 0.6) is 5.75 Å². The first-order chi connectivity index (χ1) is 13.6. The fourth-order valence-electron chi connectivity index (χ4n) is 3.80. The van der Waals surface area contributed by atoms with Crippen molar-refractivity contribution in [2.24, 2.45) is 0 Å². The summed E-state index contributed by atoms with van der Waals surface area (Å²) in [7, 11) is 0. The lowest BCUT2D eigenvalue weighted by molar-refractivity contribution is -0.132. The number of nitrogens with zero attached hydrogens (tertiary/aromatic N) is 2. The number of benzene rings is 2. The van der Waals surface area contributed by atoms with Gasteiger partial charge in [0, 0.05) is 49.6 Å². The summed E-state index contributed by atoms with van der Waals surface area (Å²) in [5.41, 5.74) is 3.39. The molecule has 2 heterocycles. The van der Waals surface area contributed by atoms with Gasteiger partial charge in [-0.25, -0.2) is 0 Å². The summed E-state index contributed by atoms with van der Waals surface area (Å²) in [4.78, 5) is 18.1. The zero-order valence-corrected chi connectivity index (χ0v) is 16.5. The summed E-state index contributed by atoms with van der Waals surface area (Å²) < 4.78 is 6.15. The summed E-state index contributed by atoms with van der Waals surface area (Å²) in [5.74, 6) is 1.13. The van der Waals surface area contributed by atoms with Crippen LogP contribution in [0.25, 0.3) is 21.9 Å². The Hall–Kier alpha value is -2.88. The summed E-state index contributed by atoms with van der Waals surface area (Å²) in [6.07, 6.45) is 4.47. The van der Waals surface area contributed by atoms with E-state index in [1.165, 1.54) is 16.5 Å². The lowest BCUT2D eigenvalue weighted by atomic mass is 10.0. The van der Waals surface area contributed by atoms with Gasteiger partial charge in [0.2, 0.25) is 5.91 Å². The molecule has 1 aliphatic heterocycles. The van der Waals surface area contributed by atoms with Gasteiger partial charge in [0.25, 0.3) is 0 Å². The van der Waals surface area contributed by atoms with Crippen LogP contribution in [0.4, 0.5) is 0 Å². The highest BCUT2D eigenvalue weighted by Gasteiger charge is 2.22. The first-order valence-corrected chi connectivity index (χ1v) is 10.0. The van der Waals surface area contributed by atoms with Crippen molar-refractivity contribution in [1.29, 1.82) is 0 Å². The van der Waals surface area contributed by atoms with E-state index >= 15 is 0 Å². The molecular formula is C24H26N2O2. The van der Waals surface area contributed by atoms with Crippen molar-refractivity contribution in [3.05, 3.63) is 60.4 Å². The van der Waals surface area contributed by atoms with Gasteiger partial charge in [-0.2, -0.15) is 0 Å². The molecule has 1 amide bonds. The SMILES string of the molecule is CCC(=O)N1CCC(Oc2ccc(-c3ccc4cnc(C)cc4c3)cc2)CC1. The van der Waals surface area contributed by atoms with E-state index in [1.54, 1.807) is 0 Å². The van der Waals surface area contributed by atoms with E-state index in [1.807, 2.05) is 37.1 Å². The fourth-order valence-corrected chi connectivity index (χ4v) is 3.80. The van der Waals surface area contributed by atoms with Gasteiger partial charge in [0.05, 0.1) is 0 Å². The Kier molecular flexibility index (Phi) is 5.29. The maximum atomic E-state index is 11.8. The lowest BCUT2D eigenvalue weighted by Gasteiger charge is -2.32. The number of fused-ring (bicyclic) bond motifs is 1. The van der Waals surface area contributed by atoms with Crippen molar-refractivity contribution >= 4 is 16.7 Å². The number of pyridine rings is 1. The minimum Gasteiger partial charge on any atom is -0.490 e. The van der Waals surface area contributed by atoms with Crippen molar-refractivity contribution in [1.82, 2.24) is 9.88 Å². The number of rotatable bonds is 4. The minimum absolute atomic E-state index is 0.183. The Morgan fingerprint density at radius 1 is 1.04 bits per heavy atom. The van der Waals surface area contributed by atoms with Crippen LogP contribution in [0, 0.1) is 6.92 Å². The van der Waals surface area contributed by atoms with Gasteiger partial charge in [-0.05, 0) is 47.7 Å². The smallest absolute Gasteiger partial charge is 0.222 e. The monoisotopic (exact) mass is 374 g/mol. The Labute approximate surface area is 166 Å². The number of likely N-dealkylation sites (tertiary alicyclic amines) is 1. The second-order valence-corrected chi connectivity index (χ2v) is 7.46. The van der Waals surface area contributed by atoms with Crippen LogP contribution in [-0.4, -0.2) is 35.0 Å². The first-order valence-electron chi connectivity index (χ1n) is 10.0. The third-order valence-electron chi connectivity index (χ3n) is 5.45. The quantitative estimate of drug-likeness (QED) is 0.646. The number of aromatic nitrogens is 1. The molecule has 1 aliphatic rings. The van der Waals surface area contributed by atoms with E-state index in [4.69, 9.17) is 4.74 Å². The van der Waals surface area contributed by atoms with Crippen LogP contribution < -0.4 is 4.74 Å². The molecule has 4 rings (SSSR count). The number of aryl methyl sites for hydroxylation is 1. The molecule has 0 unspecified atom stereocenters. The molecule has 1 fully saturated rings. The number of amides is 1. The standard InChI is InChI=1S/C24H26N2O2/c1-3-24(27)26-12-10-23(11-13-26)28-22-8-6-18(7-9-22)19-4-5-20-16-25-17(2)14-21(20)15-19/h4-9,14-16,23H,3,10-13H2,1-2H3. The molecule has 0 bridgehead atoms. The normalized spacial score (nSPS) is 15.0. The average Bonchev–Trinajstić information content (AvgIpc) is 2.73. The van der Waals surface area contributed by atoms with Gasteiger partial charge in [-0.1, -0.05) is 31.2 Å². The van der Waals surface area contributed by atoms with E-state index in [0.717, 1.165) is 42.8 Å². The summed E-state index contributed by atoms with van der Waals surface area (Å²) in [5, 5.41) is 2.36. The summed E-state index contributed by atoms with van der Waals surface area (Å²) >= 11 is 0.